The van der Waals surface area contributed by atoms with Crippen molar-refractivity contribution >= 4 is 23.9 Å². The van der Waals surface area contributed by atoms with E-state index in [4.69, 9.17) is 0 Å². The van der Waals surface area contributed by atoms with E-state index in [0.717, 1.165) is 34.9 Å². The Morgan fingerprint density at radius 3 is 2.69 bits per heavy atom. The second kappa shape index (κ2) is 8.16. The third kappa shape index (κ3) is 4.19. The number of hydrogen-bond donors (Lipinski definition) is 3. The van der Waals surface area contributed by atoms with Gasteiger partial charge in [0.25, 0.3) is 0 Å². The number of hydrogen-bond acceptors (Lipinski definition) is 2. The van der Waals surface area contributed by atoms with E-state index in [1.165, 1.54) is 0 Å². The summed E-state index contributed by atoms with van der Waals surface area (Å²) in [6, 6.07) is 7.28. The summed E-state index contributed by atoms with van der Waals surface area (Å²) in [7, 11) is 0. The number of H-pyrrole nitrogens is 1. The molecule has 5 heteroatoms. The molecule has 1 heterocycles. The van der Waals surface area contributed by atoms with Gasteiger partial charge in [-0.3, -0.25) is 0 Å². The number of nitrogens with zero attached hydrogens (tertiary/aromatic N) is 1. The van der Waals surface area contributed by atoms with Gasteiger partial charge in [-0.25, -0.2) is 9.78 Å². The molecule has 1 aromatic carbocycles. The number of amides is 2. The zero-order chi connectivity index (χ0) is 18.4. The number of nitrogens with one attached hydrogen (secondary N) is 3. The van der Waals surface area contributed by atoms with Crippen molar-refractivity contribution in [3.05, 3.63) is 71.5 Å². The van der Waals surface area contributed by atoms with E-state index in [1.807, 2.05) is 37.3 Å². The normalized spacial score (nSPS) is 13.5. The van der Waals surface area contributed by atoms with Crippen molar-refractivity contribution in [1.82, 2.24) is 15.3 Å². The van der Waals surface area contributed by atoms with Gasteiger partial charge < -0.3 is 15.6 Å². The van der Waals surface area contributed by atoms with Crippen molar-refractivity contribution in [1.29, 1.82) is 0 Å². The van der Waals surface area contributed by atoms with E-state index in [9.17, 15) is 4.79 Å². The minimum Gasteiger partial charge on any atom is -0.338 e. The SMILES string of the molecule is C=C/C=C(\C=C/C)NC(=O)Nc1ccc(-c2nc3c([nH]2)=CCCC=3)cc1. The summed E-state index contributed by atoms with van der Waals surface area (Å²) in [4.78, 5) is 20.1. The average Bonchev–Trinajstić information content (AvgIpc) is 3.07. The van der Waals surface area contributed by atoms with Crippen molar-refractivity contribution in [2.75, 3.05) is 5.32 Å². The van der Waals surface area contributed by atoms with E-state index in [-0.39, 0.29) is 6.03 Å². The second-order valence-electron chi connectivity index (χ2n) is 5.88. The molecule has 0 radical (unpaired) electrons. The molecule has 0 saturated heterocycles. The molecule has 132 valence electrons. The first kappa shape index (κ1) is 17.5. The number of imidazole rings is 1. The van der Waals surface area contributed by atoms with Crippen molar-refractivity contribution in [3.63, 3.8) is 0 Å². The van der Waals surface area contributed by atoms with Gasteiger partial charge in [0.2, 0.25) is 0 Å². The molecule has 1 aromatic heterocycles. The number of anilines is 1. The number of fused-ring (bicyclic) bond motifs is 1. The summed E-state index contributed by atoms with van der Waals surface area (Å²) < 4.78 is 0. The lowest BCUT2D eigenvalue weighted by atomic mass is 10.2. The Kier molecular flexibility index (Phi) is 5.49. The zero-order valence-electron chi connectivity index (χ0n) is 14.8. The van der Waals surface area contributed by atoms with E-state index < -0.39 is 0 Å². The first-order valence-electron chi connectivity index (χ1n) is 8.60. The minimum atomic E-state index is -0.304. The van der Waals surface area contributed by atoms with Crippen LogP contribution in [-0.4, -0.2) is 16.0 Å². The monoisotopic (exact) mass is 346 g/mol. The first-order valence-corrected chi connectivity index (χ1v) is 8.60. The minimum absolute atomic E-state index is 0.304. The third-order valence-corrected chi connectivity index (χ3v) is 3.93. The number of aromatic nitrogens is 2. The van der Waals surface area contributed by atoms with Crippen molar-refractivity contribution in [2.45, 2.75) is 19.8 Å². The summed E-state index contributed by atoms with van der Waals surface area (Å²) in [6.45, 7) is 5.53. The molecule has 5 nitrogen and oxygen atoms in total. The molecule has 1 aliphatic carbocycles. The van der Waals surface area contributed by atoms with Gasteiger partial charge in [-0.05, 0) is 56.2 Å². The molecule has 1 aliphatic rings. The smallest absolute Gasteiger partial charge is 0.323 e. The van der Waals surface area contributed by atoms with Gasteiger partial charge in [0.15, 0.2) is 0 Å². The maximum absolute atomic E-state index is 12.1. The van der Waals surface area contributed by atoms with Crippen LogP contribution in [0.4, 0.5) is 10.5 Å². The molecule has 2 amide bonds. The Morgan fingerprint density at radius 2 is 2.00 bits per heavy atom. The molecule has 26 heavy (non-hydrogen) atoms. The van der Waals surface area contributed by atoms with Crippen LogP contribution in [0.2, 0.25) is 0 Å². The molecule has 0 atom stereocenters. The highest BCUT2D eigenvalue weighted by atomic mass is 16.2. The molecular weight excluding hydrogens is 324 g/mol. The second-order valence-corrected chi connectivity index (χ2v) is 5.88. The Hall–Kier alpha value is -3.34. The predicted octanol–water partition coefficient (Wildman–Crippen LogP) is 3.20. The molecule has 0 aliphatic heterocycles. The number of aromatic amines is 1. The van der Waals surface area contributed by atoms with Crippen LogP contribution in [0.25, 0.3) is 23.5 Å². The number of urea groups is 1. The number of rotatable bonds is 5. The fourth-order valence-electron chi connectivity index (χ4n) is 2.75. The van der Waals surface area contributed by atoms with Crippen LogP contribution < -0.4 is 21.3 Å². The molecular formula is C21H22N4O. The van der Waals surface area contributed by atoms with Crippen molar-refractivity contribution in [3.8, 4) is 11.4 Å². The summed E-state index contributed by atoms with van der Waals surface area (Å²) in [6.07, 6.45) is 13.4. The number of carbonyl (C=O) groups excluding carboxylic acids is 1. The van der Waals surface area contributed by atoms with E-state index in [1.54, 1.807) is 18.2 Å². The van der Waals surface area contributed by atoms with Crippen LogP contribution in [0, 0.1) is 0 Å². The largest absolute Gasteiger partial charge is 0.338 e. The van der Waals surface area contributed by atoms with Gasteiger partial charge in [0, 0.05) is 16.9 Å². The Balaban J connectivity index is 1.70. The van der Waals surface area contributed by atoms with Gasteiger partial charge in [-0.1, -0.05) is 30.9 Å². The van der Waals surface area contributed by atoms with Crippen LogP contribution in [0.1, 0.15) is 19.8 Å². The van der Waals surface area contributed by atoms with E-state index >= 15 is 0 Å². The maximum Gasteiger partial charge on any atom is 0.323 e. The fourth-order valence-corrected chi connectivity index (χ4v) is 2.75. The highest BCUT2D eigenvalue weighted by molar-refractivity contribution is 5.91. The van der Waals surface area contributed by atoms with Gasteiger partial charge in [-0.15, -0.1) is 0 Å². The van der Waals surface area contributed by atoms with Gasteiger partial charge >= 0.3 is 6.03 Å². The molecule has 0 spiro atoms. The molecule has 0 saturated carbocycles. The van der Waals surface area contributed by atoms with Gasteiger partial charge in [-0.2, -0.15) is 0 Å². The zero-order valence-corrected chi connectivity index (χ0v) is 14.8. The molecule has 0 bridgehead atoms. The van der Waals surface area contributed by atoms with Gasteiger partial charge in [0.05, 0.1) is 10.7 Å². The highest BCUT2D eigenvalue weighted by Gasteiger charge is 2.06. The lowest BCUT2D eigenvalue weighted by molar-refractivity contribution is 0.254. The Labute approximate surface area is 152 Å². The molecule has 0 fully saturated rings. The maximum atomic E-state index is 12.1. The molecule has 3 N–H and O–H groups in total. The fraction of sp³-hybridized carbons (Fsp3) is 0.143. The van der Waals surface area contributed by atoms with Crippen molar-refractivity contribution in [2.24, 2.45) is 0 Å². The van der Waals surface area contributed by atoms with Crippen LogP contribution >= 0.6 is 0 Å². The Morgan fingerprint density at radius 1 is 1.23 bits per heavy atom. The summed E-state index contributed by atoms with van der Waals surface area (Å²) in [5, 5.41) is 7.68. The number of benzene rings is 1. The standard InChI is InChI=1S/C21H22N4O/c1-3-7-16(8-4-2)22-21(26)23-17-13-11-15(12-14-17)20-24-18-9-5-6-10-19(18)25-20/h3-4,7-14H,1,5-6H2,2H3,(H,24,25)(H2,22,23,26)/b8-4-,16-7+. The van der Waals surface area contributed by atoms with E-state index in [0.29, 0.717) is 11.4 Å². The number of carbonyl (C=O) groups is 1. The lowest BCUT2D eigenvalue weighted by Crippen LogP contribution is -2.27. The molecule has 0 unspecified atom stereocenters. The van der Waals surface area contributed by atoms with E-state index in [2.05, 4.69) is 39.3 Å². The van der Waals surface area contributed by atoms with Crippen LogP contribution in [0.3, 0.4) is 0 Å². The average molecular weight is 346 g/mol. The molecule has 3 rings (SSSR count). The quantitative estimate of drug-likeness (QED) is 0.728. The summed E-state index contributed by atoms with van der Waals surface area (Å²) >= 11 is 0. The lowest BCUT2D eigenvalue weighted by Gasteiger charge is -2.08. The van der Waals surface area contributed by atoms with Crippen LogP contribution in [0.5, 0.6) is 0 Å². The van der Waals surface area contributed by atoms with Crippen molar-refractivity contribution < 1.29 is 4.79 Å². The highest BCUT2D eigenvalue weighted by Crippen LogP contribution is 2.16. The van der Waals surface area contributed by atoms with Crippen LogP contribution in [-0.2, 0) is 0 Å². The molecule has 2 aromatic rings. The topological polar surface area (TPSA) is 69.8 Å². The van der Waals surface area contributed by atoms with Gasteiger partial charge in [0.1, 0.15) is 5.82 Å². The summed E-state index contributed by atoms with van der Waals surface area (Å²) in [5.41, 5.74) is 2.36. The first-order chi connectivity index (χ1) is 12.7. The Bertz CT molecular complexity index is 945. The third-order valence-electron chi connectivity index (χ3n) is 3.93. The number of allylic oxidation sites excluding steroid dienone is 4. The summed E-state index contributed by atoms with van der Waals surface area (Å²) in [5.74, 6) is 0.838. The predicted molar refractivity (Wildman–Crippen MR) is 107 cm³/mol. The van der Waals surface area contributed by atoms with Crippen LogP contribution in [0.15, 0.2) is 60.8 Å².